The van der Waals surface area contributed by atoms with E-state index in [4.69, 9.17) is 14.2 Å². The molecule has 0 spiro atoms. The Labute approximate surface area is 224 Å². The normalized spacial score (nSPS) is 13.4. The summed E-state index contributed by atoms with van der Waals surface area (Å²) in [5, 5.41) is 2.87. The monoisotopic (exact) mass is 547 g/mol. The molecule has 1 heterocycles. The van der Waals surface area contributed by atoms with Crippen LogP contribution in [0, 0.1) is 0 Å². The zero-order valence-electron chi connectivity index (χ0n) is 22.4. The van der Waals surface area contributed by atoms with Crippen molar-refractivity contribution >= 4 is 27.5 Å². The summed E-state index contributed by atoms with van der Waals surface area (Å²) >= 11 is 0. The quantitative estimate of drug-likeness (QED) is 0.384. The van der Waals surface area contributed by atoms with Gasteiger partial charge in [-0.3, -0.25) is 13.9 Å². The van der Waals surface area contributed by atoms with E-state index in [9.17, 15) is 18.0 Å². The summed E-state index contributed by atoms with van der Waals surface area (Å²) in [6.07, 6.45) is 1.73. The first kappa shape index (κ1) is 29.1. The number of benzene rings is 2. The summed E-state index contributed by atoms with van der Waals surface area (Å²) in [6.45, 7) is 6.04. The van der Waals surface area contributed by atoms with E-state index in [0.717, 1.165) is 22.7 Å². The van der Waals surface area contributed by atoms with Gasteiger partial charge >= 0.3 is 0 Å². The zero-order valence-corrected chi connectivity index (χ0v) is 23.3. The van der Waals surface area contributed by atoms with E-state index in [1.807, 2.05) is 13.0 Å². The standard InChI is InChI=1S/C27H37N3O7S/c1-5-7-13-28-27(32)20(3)29(18-21-9-8-10-23(16-21)35-4)26(31)19-30(38(33,34)6-2)22-11-12-24-25(17-22)37-15-14-36-24/h8-12,16-17,20H,5-7,13-15,18-19H2,1-4H3,(H,28,32)/t20-/m0/s1. The summed E-state index contributed by atoms with van der Waals surface area (Å²) in [5.41, 5.74) is 1.03. The topological polar surface area (TPSA) is 114 Å². The second-order valence-corrected chi connectivity index (χ2v) is 11.1. The van der Waals surface area contributed by atoms with Gasteiger partial charge in [0, 0.05) is 19.2 Å². The lowest BCUT2D eigenvalue weighted by Gasteiger charge is -2.32. The maximum absolute atomic E-state index is 13.8. The number of anilines is 1. The summed E-state index contributed by atoms with van der Waals surface area (Å²) in [5.74, 6) is 0.502. The van der Waals surface area contributed by atoms with E-state index in [1.165, 1.54) is 11.8 Å². The highest BCUT2D eigenvalue weighted by molar-refractivity contribution is 7.92. The molecule has 1 N–H and O–H groups in total. The minimum atomic E-state index is -3.85. The van der Waals surface area contributed by atoms with Crippen molar-refractivity contribution in [1.82, 2.24) is 10.2 Å². The molecule has 11 heteroatoms. The largest absolute Gasteiger partial charge is 0.497 e. The smallest absolute Gasteiger partial charge is 0.244 e. The second-order valence-electron chi connectivity index (χ2n) is 8.93. The number of fused-ring (bicyclic) bond motifs is 1. The van der Waals surface area contributed by atoms with Crippen LogP contribution in [0.1, 0.15) is 39.2 Å². The molecule has 208 valence electrons. The number of ether oxygens (including phenoxy) is 3. The third-order valence-electron chi connectivity index (χ3n) is 6.28. The Morgan fingerprint density at radius 3 is 2.50 bits per heavy atom. The van der Waals surface area contributed by atoms with Gasteiger partial charge in [0.15, 0.2) is 11.5 Å². The number of unbranched alkanes of at least 4 members (excludes halogenated alkanes) is 1. The Morgan fingerprint density at radius 2 is 1.82 bits per heavy atom. The van der Waals surface area contributed by atoms with Gasteiger partial charge in [-0.05, 0) is 50.1 Å². The molecule has 2 aromatic rings. The number of nitrogens with one attached hydrogen (secondary N) is 1. The molecule has 3 rings (SSSR count). The third-order valence-corrected chi connectivity index (χ3v) is 8.02. The lowest BCUT2D eigenvalue weighted by Crippen LogP contribution is -2.51. The molecule has 2 aromatic carbocycles. The Bertz CT molecular complexity index is 1220. The highest BCUT2D eigenvalue weighted by atomic mass is 32.2. The van der Waals surface area contributed by atoms with Gasteiger partial charge in [0.25, 0.3) is 0 Å². The summed E-state index contributed by atoms with van der Waals surface area (Å²) in [7, 11) is -2.30. The first-order chi connectivity index (χ1) is 18.2. The number of carbonyl (C=O) groups excluding carboxylic acids is 2. The maximum atomic E-state index is 13.8. The average Bonchev–Trinajstić information content (AvgIpc) is 2.93. The van der Waals surface area contributed by atoms with E-state index in [-0.39, 0.29) is 23.9 Å². The van der Waals surface area contributed by atoms with Crippen LogP contribution in [0.25, 0.3) is 0 Å². The van der Waals surface area contributed by atoms with E-state index in [0.29, 0.717) is 37.0 Å². The average molecular weight is 548 g/mol. The van der Waals surface area contributed by atoms with Crippen LogP contribution >= 0.6 is 0 Å². The van der Waals surface area contributed by atoms with Crippen LogP contribution in [0.4, 0.5) is 5.69 Å². The molecule has 0 fully saturated rings. The van der Waals surface area contributed by atoms with Crippen LogP contribution in [-0.2, 0) is 26.2 Å². The highest BCUT2D eigenvalue weighted by Gasteiger charge is 2.31. The van der Waals surface area contributed by atoms with Crippen LogP contribution in [-0.4, -0.2) is 70.3 Å². The van der Waals surface area contributed by atoms with E-state index < -0.39 is 28.5 Å². The number of carbonyl (C=O) groups is 2. The van der Waals surface area contributed by atoms with Crippen molar-refractivity contribution in [3.8, 4) is 17.2 Å². The molecule has 0 unspecified atom stereocenters. The number of sulfonamides is 1. The third kappa shape index (κ3) is 7.31. The summed E-state index contributed by atoms with van der Waals surface area (Å²) in [6, 6.07) is 11.1. The van der Waals surface area contributed by atoms with Crippen molar-refractivity contribution in [1.29, 1.82) is 0 Å². The van der Waals surface area contributed by atoms with Crippen LogP contribution in [0.3, 0.4) is 0 Å². The predicted molar refractivity (Wildman–Crippen MR) is 145 cm³/mol. The Morgan fingerprint density at radius 1 is 1.08 bits per heavy atom. The Hall–Kier alpha value is -3.47. The van der Waals surface area contributed by atoms with Gasteiger partial charge in [0.1, 0.15) is 31.5 Å². The van der Waals surface area contributed by atoms with Crippen LogP contribution in [0.15, 0.2) is 42.5 Å². The predicted octanol–water partition coefficient (Wildman–Crippen LogP) is 2.96. The fourth-order valence-electron chi connectivity index (χ4n) is 3.99. The number of hydrogen-bond acceptors (Lipinski definition) is 7. The maximum Gasteiger partial charge on any atom is 0.244 e. The number of methoxy groups -OCH3 is 1. The Kier molecular flexibility index (Phi) is 10.2. The SMILES string of the molecule is CCCCNC(=O)[C@H](C)N(Cc1cccc(OC)c1)C(=O)CN(c1ccc2c(c1)OCCO2)S(=O)(=O)CC. The van der Waals surface area contributed by atoms with Crippen molar-refractivity contribution < 1.29 is 32.2 Å². The molecule has 0 aliphatic carbocycles. The molecule has 1 aliphatic rings. The fourth-order valence-corrected chi connectivity index (χ4v) is 5.05. The lowest BCUT2D eigenvalue weighted by atomic mass is 10.1. The van der Waals surface area contributed by atoms with Crippen LogP contribution < -0.4 is 23.8 Å². The zero-order chi connectivity index (χ0) is 27.7. The molecule has 1 atom stereocenters. The van der Waals surface area contributed by atoms with Crippen molar-refractivity contribution in [2.75, 3.05) is 43.5 Å². The molecular formula is C27H37N3O7S. The van der Waals surface area contributed by atoms with Gasteiger partial charge in [-0.2, -0.15) is 0 Å². The van der Waals surface area contributed by atoms with Crippen molar-refractivity contribution in [2.24, 2.45) is 0 Å². The molecule has 1 aliphatic heterocycles. The molecule has 0 saturated heterocycles. The summed E-state index contributed by atoms with van der Waals surface area (Å²) in [4.78, 5) is 28.1. The molecule has 0 saturated carbocycles. The minimum Gasteiger partial charge on any atom is -0.497 e. The van der Waals surface area contributed by atoms with Gasteiger partial charge in [-0.1, -0.05) is 25.5 Å². The minimum absolute atomic E-state index is 0.0968. The number of amides is 2. The van der Waals surface area contributed by atoms with Crippen LogP contribution in [0.5, 0.6) is 17.2 Å². The lowest BCUT2D eigenvalue weighted by molar-refractivity contribution is -0.139. The first-order valence-electron chi connectivity index (χ1n) is 12.8. The molecule has 38 heavy (non-hydrogen) atoms. The molecule has 2 amide bonds. The first-order valence-corrected chi connectivity index (χ1v) is 14.4. The van der Waals surface area contributed by atoms with Crippen LogP contribution in [0.2, 0.25) is 0 Å². The van der Waals surface area contributed by atoms with Gasteiger partial charge in [0.05, 0.1) is 18.6 Å². The molecule has 10 nitrogen and oxygen atoms in total. The highest BCUT2D eigenvalue weighted by Crippen LogP contribution is 2.35. The van der Waals surface area contributed by atoms with E-state index in [2.05, 4.69) is 5.32 Å². The summed E-state index contributed by atoms with van der Waals surface area (Å²) < 4.78 is 43.8. The van der Waals surface area contributed by atoms with Gasteiger partial charge < -0.3 is 24.4 Å². The second kappa shape index (κ2) is 13.4. The number of nitrogens with zero attached hydrogens (tertiary/aromatic N) is 2. The molecule has 0 radical (unpaired) electrons. The fraction of sp³-hybridized carbons (Fsp3) is 0.481. The molecule has 0 bridgehead atoms. The van der Waals surface area contributed by atoms with Gasteiger partial charge in [0.2, 0.25) is 21.8 Å². The van der Waals surface area contributed by atoms with Crippen molar-refractivity contribution in [3.05, 3.63) is 48.0 Å². The van der Waals surface area contributed by atoms with Crippen molar-refractivity contribution in [3.63, 3.8) is 0 Å². The van der Waals surface area contributed by atoms with E-state index in [1.54, 1.807) is 50.4 Å². The number of rotatable bonds is 13. The van der Waals surface area contributed by atoms with E-state index >= 15 is 0 Å². The van der Waals surface area contributed by atoms with Gasteiger partial charge in [-0.15, -0.1) is 0 Å². The van der Waals surface area contributed by atoms with Crippen molar-refractivity contribution in [2.45, 2.75) is 46.2 Å². The number of hydrogen-bond donors (Lipinski definition) is 1. The van der Waals surface area contributed by atoms with Gasteiger partial charge in [-0.25, -0.2) is 8.42 Å². The Balaban J connectivity index is 1.93. The molecule has 0 aromatic heterocycles. The molecular weight excluding hydrogens is 510 g/mol.